The molecule has 4 aromatic rings. The second-order valence-electron chi connectivity index (χ2n) is 7.61. The molecular weight excluding hydrogens is 435 g/mol. The van der Waals surface area contributed by atoms with Crippen LogP contribution < -0.4 is 9.47 Å². The standard InChI is InChI=1S/C23H24F3N5O2/c1-2-4-16-13-20(14-17-9-10-31(22(16)17)15-21-27-29-30-28-21)33-12-3-11-32-19-7-5-18(6-8-19)23(24,25)26/h5-10,13-14H,2-4,11-12,15H2,1H3,(H,27,28,29,30). The van der Waals surface area contributed by atoms with Crippen LogP contribution in [0.25, 0.3) is 10.9 Å². The molecule has 10 heteroatoms. The van der Waals surface area contributed by atoms with Crippen molar-refractivity contribution in [2.45, 2.75) is 38.9 Å². The van der Waals surface area contributed by atoms with Crippen molar-refractivity contribution in [1.82, 2.24) is 25.2 Å². The van der Waals surface area contributed by atoms with Gasteiger partial charge in [0.1, 0.15) is 11.5 Å². The lowest BCUT2D eigenvalue weighted by molar-refractivity contribution is -0.137. The second kappa shape index (κ2) is 9.93. The molecule has 0 spiro atoms. The zero-order chi connectivity index (χ0) is 23.3. The van der Waals surface area contributed by atoms with Crippen LogP contribution in [-0.2, 0) is 19.1 Å². The third-order valence-corrected chi connectivity index (χ3v) is 5.14. The van der Waals surface area contributed by atoms with Crippen LogP contribution >= 0.6 is 0 Å². The van der Waals surface area contributed by atoms with Gasteiger partial charge in [0.15, 0.2) is 5.82 Å². The van der Waals surface area contributed by atoms with E-state index in [0.717, 1.165) is 41.6 Å². The summed E-state index contributed by atoms with van der Waals surface area (Å²) >= 11 is 0. The quantitative estimate of drug-likeness (QED) is 0.337. The number of hydrogen-bond acceptors (Lipinski definition) is 5. The van der Waals surface area contributed by atoms with Gasteiger partial charge in [-0.1, -0.05) is 18.6 Å². The average Bonchev–Trinajstić information content (AvgIpc) is 3.44. The van der Waals surface area contributed by atoms with E-state index in [4.69, 9.17) is 9.47 Å². The minimum Gasteiger partial charge on any atom is -0.493 e. The molecule has 1 N–H and O–H groups in total. The van der Waals surface area contributed by atoms with Crippen LogP contribution in [-0.4, -0.2) is 38.4 Å². The van der Waals surface area contributed by atoms with Gasteiger partial charge in [-0.3, -0.25) is 0 Å². The van der Waals surface area contributed by atoms with Crippen LogP contribution in [0.15, 0.2) is 48.7 Å². The maximum Gasteiger partial charge on any atom is 0.416 e. The maximum absolute atomic E-state index is 12.6. The number of alkyl halides is 3. The van der Waals surface area contributed by atoms with Crippen LogP contribution in [0, 0.1) is 0 Å². The predicted molar refractivity (Wildman–Crippen MR) is 116 cm³/mol. The average molecular weight is 459 g/mol. The minimum absolute atomic E-state index is 0.344. The molecule has 174 valence electrons. The first-order valence-electron chi connectivity index (χ1n) is 10.7. The molecule has 0 aliphatic rings. The summed E-state index contributed by atoms with van der Waals surface area (Å²) in [5.74, 6) is 1.79. The molecule has 4 rings (SSSR count). The first-order valence-corrected chi connectivity index (χ1v) is 10.7. The lowest BCUT2D eigenvalue weighted by Crippen LogP contribution is -2.07. The number of hydrogen-bond donors (Lipinski definition) is 1. The number of nitrogens with one attached hydrogen (secondary N) is 1. The van der Waals surface area contributed by atoms with E-state index in [0.29, 0.717) is 37.8 Å². The molecule has 2 heterocycles. The molecule has 0 radical (unpaired) electrons. The fourth-order valence-corrected chi connectivity index (χ4v) is 3.67. The zero-order valence-corrected chi connectivity index (χ0v) is 18.1. The molecular formula is C23H24F3N5O2. The Bertz CT molecular complexity index is 1170. The third-order valence-electron chi connectivity index (χ3n) is 5.14. The molecule has 2 aromatic heterocycles. The van der Waals surface area contributed by atoms with Crippen molar-refractivity contribution in [3.63, 3.8) is 0 Å². The highest BCUT2D eigenvalue weighted by molar-refractivity contribution is 5.85. The van der Waals surface area contributed by atoms with Crippen molar-refractivity contribution < 1.29 is 22.6 Å². The van der Waals surface area contributed by atoms with Gasteiger partial charge >= 0.3 is 6.18 Å². The largest absolute Gasteiger partial charge is 0.493 e. The second-order valence-corrected chi connectivity index (χ2v) is 7.61. The molecule has 33 heavy (non-hydrogen) atoms. The molecule has 0 amide bonds. The maximum atomic E-state index is 12.6. The van der Waals surface area contributed by atoms with E-state index in [9.17, 15) is 13.2 Å². The molecule has 0 aliphatic carbocycles. The Kier molecular flexibility index (Phi) is 6.81. The van der Waals surface area contributed by atoms with Crippen molar-refractivity contribution in [2.75, 3.05) is 13.2 Å². The highest BCUT2D eigenvalue weighted by Gasteiger charge is 2.30. The SMILES string of the molecule is CCCc1cc(OCCCOc2ccc(C(F)(F)F)cc2)cc2ccn(Cc3nn[nH]n3)c12. The number of fused-ring (bicyclic) bond motifs is 1. The lowest BCUT2D eigenvalue weighted by atomic mass is 10.1. The van der Waals surface area contributed by atoms with Gasteiger partial charge < -0.3 is 14.0 Å². The number of aromatic nitrogens is 5. The topological polar surface area (TPSA) is 77.9 Å². The van der Waals surface area contributed by atoms with Crippen LogP contribution in [0.3, 0.4) is 0 Å². The van der Waals surface area contributed by atoms with Crippen molar-refractivity contribution in [1.29, 1.82) is 0 Å². The van der Waals surface area contributed by atoms with Gasteiger partial charge in [-0.25, -0.2) is 0 Å². The highest BCUT2D eigenvalue weighted by Crippen LogP contribution is 2.30. The Morgan fingerprint density at radius 3 is 2.42 bits per heavy atom. The minimum atomic E-state index is -4.35. The number of aryl methyl sites for hydroxylation is 1. The van der Waals surface area contributed by atoms with Crippen LogP contribution in [0.1, 0.15) is 36.7 Å². The van der Waals surface area contributed by atoms with E-state index in [1.807, 2.05) is 18.3 Å². The van der Waals surface area contributed by atoms with Crippen LogP contribution in [0.5, 0.6) is 11.5 Å². The first kappa shape index (κ1) is 22.6. The zero-order valence-electron chi connectivity index (χ0n) is 18.1. The van der Waals surface area contributed by atoms with E-state index in [2.05, 4.69) is 38.2 Å². The Morgan fingerprint density at radius 2 is 1.76 bits per heavy atom. The van der Waals surface area contributed by atoms with Gasteiger partial charge in [-0.15, -0.1) is 10.2 Å². The van der Waals surface area contributed by atoms with Crippen LogP contribution in [0.4, 0.5) is 13.2 Å². The molecule has 2 aromatic carbocycles. The number of H-pyrrole nitrogens is 1. The summed E-state index contributed by atoms with van der Waals surface area (Å²) in [5.41, 5.74) is 1.61. The number of halogens is 3. The number of aromatic amines is 1. The predicted octanol–water partition coefficient (Wildman–Crippen LogP) is 5.02. The van der Waals surface area contributed by atoms with E-state index in [1.54, 1.807) is 0 Å². The summed E-state index contributed by atoms with van der Waals surface area (Å²) in [6.45, 7) is 3.43. The van der Waals surface area contributed by atoms with Gasteiger partial charge in [-0.05, 0) is 54.4 Å². The fourth-order valence-electron chi connectivity index (χ4n) is 3.67. The third kappa shape index (κ3) is 5.63. The van der Waals surface area contributed by atoms with Crippen molar-refractivity contribution >= 4 is 10.9 Å². The highest BCUT2D eigenvalue weighted by atomic mass is 19.4. The Labute approximate surface area is 188 Å². The Hall–Kier alpha value is -3.56. The van der Waals surface area contributed by atoms with E-state index >= 15 is 0 Å². The molecule has 0 bridgehead atoms. The van der Waals surface area contributed by atoms with Gasteiger partial charge in [0.05, 0.1) is 30.8 Å². The molecule has 7 nitrogen and oxygen atoms in total. The van der Waals surface area contributed by atoms with Gasteiger partial charge in [-0.2, -0.15) is 18.4 Å². The number of nitrogens with zero attached hydrogens (tertiary/aromatic N) is 4. The van der Waals surface area contributed by atoms with Crippen molar-refractivity contribution in [3.8, 4) is 11.5 Å². The van der Waals surface area contributed by atoms with E-state index in [1.165, 1.54) is 17.7 Å². The number of benzene rings is 2. The summed E-state index contributed by atoms with van der Waals surface area (Å²) in [7, 11) is 0. The Morgan fingerprint density at radius 1 is 1.00 bits per heavy atom. The number of ether oxygens (including phenoxy) is 2. The summed E-state index contributed by atoms with van der Waals surface area (Å²) in [4.78, 5) is 0. The number of rotatable bonds is 10. The summed E-state index contributed by atoms with van der Waals surface area (Å²) < 4.78 is 51.4. The molecule has 0 saturated heterocycles. The smallest absolute Gasteiger partial charge is 0.416 e. The first-order chi connectivity index (χ1) is 15.9. The molecule has 0 unspecified atom stereocenters. The van der Waals surface area contributed by atoms with Gasteiger partial charge in [0.2, 0.25) is 0 Å². The normalized spacial score (nSPS) is 11.8. The van der Waals surface area contributed by atoms with E-state index < -0.39 is 11.7 Å². The lowest BCUT2D eigenvalue weighted by Gasteiger charge is -2.12. The molecule has 0 fully saturated rings. The summed E-state index contributed by atoms with van der Waals surface area (Å²) in [5, 5.41) is 15.2. The monoisotopic (exact) mass is 459 g/mol. The van der Waals surface area contributed by atoms with E-state index in [-0.39, 0.29) is 0 Å². The van der Waals surface area contributed by atoms with Crippen molar-refractivity contribution in [3.05, 3.63) is 65.6 Å². The van der Waals surface area contributed by atoms with Gasteiger partial charge in [0.25, 0.3) is 0 Å². The van der Waals surface area contributed by atoms with Crippen molar-refractivity contribution in [2.24, 2.45) is 0 Å². The summed E-state index contributed by atoms with van der Waals surface area (Å²) in [6.07, 6.45) is 0.148. The Balaban J connectivity index is 1.34. The molecule has 0 aliphatic heterocycles. The molecule has 0 atom stereocenters. The van der Waals surface area contributed by atoms with Gasteiger partial charge in [0, 0.05) is 18.0 Å². The number of tetrazole rings is 1. The summed E-state index contributed by atoms with van der Waals surface area (Å²) in [6, 6.07) is 10.8. The molecule has 0 saturated carbocycles. The van der Waals surface area contributed by atoms with Crippen LogP contribution in [0.2, 0.25) is 0 Å². The fraction of sp³-hybridized carbons (Fsp3) is 0.348.